The summed E-state index contributed by atoms with van der Waals surface area (Å²) in [6, 6.07) is 5.15. The summed E-state index contributed by atoms with van der Waals surface area (Å²) >= 11 is 5.88. The van der Waals surface area contributed by atoms with Crippen molar-refractivity contribution in [2.24, 2.45) is 0 Å². The van der Waals surface area contributed by atoms with E-state index in [4.69, 9.17) is 11.6 Å². The molecule has 1 aromatic rings. The fourth-order valence-corrected chi connectivity index (χ4v) is 1.49. The van der Waals surface area contributed by atoms with Gasteiger partial charge < -0.3 is 5.32 Å². The highest BCUT2D eigenvalue weighted by Gasteiger charge is 2.11. The van der Waals surface area contributed by atoms with Crippen molar-refractivity contribution in [1.29, 1.82) is 0 Å². The van der Waals surface area contributed by atoms with Crippen molar-refractivity contribution in [3.05, 3.63) is 28.8 Å². The molecular weight excluding hydrogens is 226 g/mol. The summed E-state index contributed by atoms with van der Waals surface area (Å²) in [7, 11) is 3.53. The molecule has 0 bridgehead atoms. The maximum Gasteiger partial charge on any atom is 0.267 e. The van der Waals surface area contributed by atoms with Crippen LogP contribution in [-0.2, 0) is 0 Å². The third-order valence-electron chi connectivity index (χ3n) is 1.92. The summed E-state index contributed by atoms with van der Waals surface area (Å²) in [6.45, 7) is 2.71. The van der Waals surface area contributed by atoms with Crippen LogP contribution in [0.4, 0.5) is 5.69 Å². The van der Waals surface area contributed by atoms with Gasteiger partial charge in [0.05, 0.1) is 5.56 Å². The predicted octanol–water partition coefficient (Wildman–Crippen LogP) is 1.98. The Labute approximate surface area is 101 Å². The first kappa shape index (κ1) is 12.8. The minimum atomic E-state index is -0.155. The number of hydrazine groups is 1. The molecule has 0 aliphatic heterocycles. The summed E-state index contributed by atoms with van der Waals surface area (Å²) in [6.07, 6.45) is 0. The molecule has 0 unspecified atom stereocenters. The average Bonchev–Trinajstić information content (AvgIpc) is 2.17. The highest BCUT2D eigenvalue weighted by Crippen LogP contribution is 2.20. The van der Waals surface area contributed by atoms with Gasteiger partial charge in [-0.3, -0.25) is 10.2 Å². The van der Waals surface area contributed by atoms with E-state index in [1.807, 2.05) is 6.92 Å². The van der Waals surface area contributed by atoms with Crippen molar-refractivity contribution in [3.63, 3.8) is 0 Å². The quantitative estimate of drug-likeness (QED) is 0.793. The zero-order chi connectivity index (χ0) is 12.1. The van der Waals surface area contributed by atoms with E-state index in [0.717, 1.165) is 12.2 Å². The number of benzene rings is 1. The molecule has 1 rings (SSSR count). The Bertz CT molecular complexity index is 379. The Morgan fingerprint density at radius 2 is 2.12 bits per heavy atom. The van der Waals surface area contributed by atoms with Gasteiger partial charge in [0, 0.05) is 31.4 Å². The maximum atomic E-state index is 11.8. The first-order valence-corrected chi connectivity index (χ1v) is 5.44. The van der Waals surface area contributed by atoms with Gasteiger partial charge in [-0.25, -0.2) is 5.01 Å². The lowest BCUT2D eigenvalue weighted by Crippen LogP contribution is -2.36. The van der Waals surface area contributed by atoms with Crippen LogP contribution in [0.1, 0.15) is 17.3 Å². The highest BCUT2D eigenvalue weighted by molar-refractivity contribution is 6.31. The third kappa shape index (κ3) is 3.40. The molecule has 5 heteroatoms. The molecule has 0 fully saturated rings. The van der Waals surface area contributed by atoms with Crippen LogP contribution in [-0.4, -0.2) is 31.6 Å². The number of hydrogen-bond acceptors (Lipinski definition) is 3. The number of carbonyl (C=O) groups excluding carboxylic acids is 1. The van der Waals surface area contributed by atoms with Crippen LogP contribution in [0.5, 0.6) is 0 Å². The van der Waals surface area contributed by atoms with E-state index in [1.54, 1.807) is 37.3 Å². The molecule has 4 nitrogen and oxygen atoms in total. The van der Waals surface area contributed by atoms with E-state index in [9.17, 15) is 4.79 Å². The van der Waals surface area contributed by atoms with Gasteiger partial charge in [0.25, 0.3) is 5.91 Å². The Kier molecular flexibility index (Phi) is 4.58. The van der Waals surface area contributed by atoms with E-state index in [2.05, 4.69) is 10.7 Å². The SMILES string of the molecule is CCNc1cc(Cl)ccc1C(=O)NN(C)C. The van der Waals surface area contributed by atoms with Crippen molar-refractivity contribution in [3.8, 4) is 0 Å². The molecule has 1 amide bonds. The zero-order valence-corrected chi connectivity index (χ0v) is 10.4. The van der Waals surface area contributed by atoms with Crippen LogP contribution in [0.2, 0.25) is 5.02 Å². The molecule has 0 aromatic heterocycles. The Hall–Kier alpha value is -1.26. The van der Waals surface area contributed by atoms with E-state index in [1.165, 1.54) is 0 Å². The number of amides is 1. The Morgan fingerprint density at radius 1 is 1.44 bits per heavy atom. The number of anilines is 1. The normalized spacial score (nSPS) is 10.3. The molecule has 0 spiro atoms. The van der Waals surface area contributed by atoms with Gasteiger partial charge in [0.15, 0.2) is 0 Å². The van der Waals surface area contributed by atoms with Crippen LogP contribution in [0.15, 0.2) is 18.2 Å². The number of nitrogens with zero attached hydrogens (tertiary/aromatic N) is 1. The number of carbonyl (C=O) groups is 1. The van der Waals surface area contributed by atoms with Gasteiger partial charge in [-0.1, -0.05) is 11.6 Å². The van der Waals surface area contributed by atoms with E-state index in [-0.39, 0.29) is 5.91 Å². The summed E-state index contributed by atoms with van der Waals surface area (Å²) < 4.78 is 0. The molecule has 1 aromatic carbocycles. The van der Waals surface area contributed by atoms with Crippen LogP contribution in [0, 0.1) is 0 Å². The topological polar surface area (TPSA) is 44.4 Å². The van der Waals surface area contributed by atoms with Gasteiger partial charge >= 0.3 is 0 Å². The highest BCUT2D eigenvalue weighted by atomic mass is 35.5. The van der Waals surface area contributed by atoms with Gasteiger partial charge in [0.2, 0.25) is 0 Å². The van der Waals surface area contributed by atoms with Gasteiger partial charge in [-0.15, -0.1) is 0 Å². The number of halogens is 1. The molecular formula is C11H16ClN3O. The van der Waals surface area contributed by atoms with Crippen molar-refractivity contribution in [2.45, 2.75) is 6.92 Å². The maximum absolute atomic E-state index is 11.8. The molecule has 0 saturated heterocycles. The van der Waals surface area contributed by atoms with Crippen LogP contribution in [0.25, 0.3) is 0 Å². The Balaban J connectivity index is 2.97. The third-order valence-corrected chi connectivity index (χ3v) is 2.15. The van der Waals surface area contributed by atoms with Crippen molar-refractivity contribution < 1.29 is 4.79 Å². The second-order valence-corrected chi connectivity index (χ2v) is 3.99. The number of nitrogens with one attached hydrogen (secondary N) is 2. The molecule has 88 valence electrons. The predicted molar refractivity (Wildman–Crippen MR) is 66.8 cm³/mol. The molecule has 2 N–H and O–H groups in total. The number of hydrogen-bond donors (Lipinski definition) is 2. The Morgan fingerprint density at radius 3 is 2.69 bits per heavy atom. The zero-order valence-electron chi connectivity index (χ0n) is 9.67. The van der Waals surface area contributed by atoms with Crippen LogP contribution in [0.3, 0.4) is 0 Å². The second-order valence-electron chi connectivity index (χ2n) is 3.56. The lowest BCUT2D eigenvalue weighted by molar-refractivity contribution is 0.0858. The van der Waals surface area contributed by atoms with Gasteiger partial charge in [-0.05, 0) is 25.1 Å². The molecule has 16 heavy (non-hydrogen) atoms. The summed E-state index contributed by atoms with van der Waals surface area (Å²) in [4.78, 5) is 11.8. The summed E-state index contributed by atoms with van der Waals surface area (Å²) in [5.74, 6) is -0.155. The summed E-state index contributed by atoms with van der Waals surface area (Å²) in [5.41, 5.74) is 4.02. The standard InChI is InChI=1S/C11H16ClN3O/c1-4-13-10-7-8(12)5-6-9(10)11(16)14-15(2)3/h5-7,13H,4H2,1-3H3,(H,14,16). The summed E-state index contributed by atoms with van der Waals surface area (Å²) in [5, 5.41) is 5.32. The molecule has 0 aliphatic rings. The first-order chi connectivity index (χ1) is 7.54. The monoisotopic (exact) mass is 241 g/mol. The molecule has 0 heterocycles. The van der Waals surface area contributed by atoms with E-state index in [0.29, 0.717) is 10.6 Å². The largest absolute Gasteiger partial charge is 0.385 e. The second kappa shape index (κ2) is 5.72. The van der Waals surface area contributed by atoms with Crippen LogP contribution >= 0.6 is 11.6 Å². The molecule has 0 saturated carbocycles. The average molecular weight is 242 g/mol. The lowest BCUT2D eigenvalue weighted by Gasteiger charge is -2.15. The van der Waals surface area contributed by atoms with E-state index < -0.39 is 0 Å². The molecule has 0 atom stereocenters. The minimum absolute atomic E-state index is 0.155. The smallest absolute Gasteiger partial charge is 0.267 e. The van der Waals surface area contributed by atoms with Crippen LogP contribution < -0.4 is 10.7 Å². The lowest BCUT2D eigenvalue weighted by atomic mass is 10.1. The van der Waals surface area contributed by atoms with Crippen molar-refractivity contribution in [1.82, 2.24) is 10.4 Å². The van der Waals surface area contributed by atoms with Gasteiger partial charge in [-0.2, -0.15) is 0 Å². The fraction of sp³-hybridized carbons (Fsp3) is 0.364. The van der Waals surface area contributed by atoms with Gasteiger partial charge in [0.1, 0.15) is 0 Å². The van der Waals surface area contributed by atoms with Crippen molar-refractivity contribution >= 4 is 23.2 Å². The fourth-order valence-electron chi connectivity index (χ4n) is 1.31. The molecule has 0 aliphatic carbocycles. The number of rotatable bonds is 4. The molecule has 0 radical (unpaired) electrons. The van der Waals surface area contributed by atoms with E-state index >= 15 is 0 Å². The first-order valence-electron chi connectivity index (χ1n) is 5.06. The minimum Gasteiger partial charge on any atom is -0.385 e. The van der Waals surface area contributed by atoms with Crippen molar-refractivity contribution in [2.75, 3.05) is 26.0 Å².